The van der Waals surface area contributed by atoms with Gasteiger partial charge in [0.15, 0.2) is 0 Å². The Kier molecular flexibility index (Phi) is 4.50. The molecule has 0 unspecified atom stereocenters. The highest BCUT2D eigenvalue weighted by Gasteiger charge is 2.43. The highest BCUT2D eigenvalue weighted by atomic mass is 16.5. The fraction of sp³-hybridized carbons (Fsp3) is 0.600. The lowest BCUT2D eigenvalue weighted by Crippen LogP contribution is -2.51. The molecule has 0 bridgehead atoms. The molecule has 3 atom stereocenters. The Hall–Kier alpha value is -1.88. The molecule has 2 saturated heterocycles. The van der Waals surface area contributed by atoms with Crippen molar-refractivity contribution < 1.29 is 14.3 Å². The topological polar surface area (TPSA) is 49.9 Å². The minimum atomic E-state index is -0.495. The predicted octanol–water partition coefficient (Wildman–Crippen LogP) is 1.99. The minimum Gasteiger partial charge on any atom is -0.467 e. The van der Waals surface area contributed by atoms with Gasteiger partial charge in [-0.1, -0.05) is 30.7 Å². The SMILES string of the molecule is COC(=O)[C@@H]1Cc2ccccc2CN1C(=O)[C@@H]1C[C@H]2CCCCN2C1. The van der Waals surface area contributed by atoms with Gasteiger partial charge in [-0.3, -0.25) is 9.69 Å². The van der Waals surface area contributed by atoms with Crippen molar-refractivity contribution in [1.29, 1.82) is 0 Å². The number of methoxy groups -OCH3 is 1. The molecule has 1 aromatic rings. The molecule has 3 aliphatic rings. The van der Waals surface area contributed by atoms with Crippen molar-refractivity contribution >= 4 is 11.9 Å². The molecule has 134 valence electrons. The van der Waals surface area contributed by atoms with Gasteiger partial charge in [0.25, 0.3) is 0 Å². The van der Waals surface area contributed by atoms with Crippen LogP contribution in [0.1, 0.15) is 36.8 Å². The first kappa shape index (κ1) is 16.6. The summed E-state index contributed by atoms with van der Waals surface area (Å²) in [5, 5.41) is 0. The summed E-state index contributed by atoms with van der Waals surface area (Å²) in [6, 6.07) is 8.14. The standard InChI is InChI=1S/C20H26N2O3/c1-25-20(24)18-11-14-6-2-3-7-15(14)13-22(18)19(23)16-10-17-8-4-5-9-21(17)12-16/h2-3,6-7,16-18H,4-5,8-13H2,1H3/t16-,17-,18+/m1/s1. The number of piperidine rings is 1. The smallest absolute Gasteiger partial charge is 0.328 e. The van der Waals surface area contributed by atoms with Crippen LogP contribution >= 0.6 is 0 Å². The number of benzene rings is 1. The lowest BCUT2D eigenvalue weighted by Gasteiger charge is -2.36. The van der Waals surface area contributed by atoms with E-state index in [0.717, 1.165) is 30.6 Å². The highest BCUT2D eigenvalue weighted by Crippen LogP contribution is 2.33. The Balaban J connectivity index is 1.56. The summed E-state index contributed by atoms with van der Waals surface area (Å²) in [5.74, 6) is -0.168. The number of ether oxygens (including phenoxy) is 1. The Morgan fingerprint density at radius 2 is 1.96 bits per heavy atom. The molecule has 0 N–H and O–H groups in total. The van der Waals surface area contributed by atoms with Crippen molar-refractivity contribution in [3.63, 3.8) is 0 Å². The summed E-state index contributed by atoms with van der Waals surface area (Å²) in [5.41, 5.74) is 2.29. The third kappa shape index (κ3) is 3.06. The van der Waals surface area contributed by atoms with Crippen molar-refractivity contribution in [2.45, 2.75) is 50.7 Å². The van der Waals surface area contributed by atoms with Gasteiger partial charge in [0.2, 0.25) is 5.91 Å². The Bertz CT molecular complexity index is 661. The summed E-state index contributed by atoms with van der Waals surface area (Å²) in [6.45, 7) is 2.46. The lowest BCUT2D eigenvalue weighted by molar-refractivity contribution is -0.155. The van der Waals surface area contributed by atoms with Crippen molar-refractivity contribution in [2.24, 2.45) is 5.92 Å². The van der Waals surface area contributed by atoms with Crippen LogP contribution in [0.25, 0.3) is 0 Å². The quantitative estimate of drug-likeness (QED) is 0.771. The Labute approximate surface area is 148 Å². The molecule has 0 aliphatic carbocycles. The second-order valence-electron chi connectivity index (χ2n) is 7.56. The third-order valence-corrected chi connectivity index (χ3v) is 6.11. The summed E-state index contributed by atoms with van der Waals surface area (Å²) < 4.78 is 5.00. The van der Waals surface area contributed by atoms with E-state index in [1.165, 1.54) is 26.4 Å². The zero-order valence-electron chi connectivity index (χ0n) is 14.8. The van der Waals surface area contributed by atoms with E-state index in [1.807, 2.05) is 18.2 Å². The molecule has 0 saturated carbocycles. The molecule has 0 spiro atoms. The van der Waals surface area contributed by atoms with Crippen molar-refractivity contribution in [1.82, 2.24) is 9.80 Å². The first-order valence-corrected chi connectivity index (χ1v) is 9.36. The average Bonchev–Trinajstić information content (AvgIpc) is 3.10. The number of carbonyl (C=O) groups is 2. The first-order chi connectivity index (χ1) is 12.2. The molecule has 1 aromatic carbocycles. The van der Waals surface area contributed by atoms with E-state index < -0.39 is 6.04 Å². The van der Waals surface area contributed by atoms with Gasteiger partial charge in [0, 0.05) is 25.6 Å². The van der Waals surface area contributed by atoms with Crippen LogP contribution in [-0.4, -0.2) is 54.0 Å². The van der Waals surface area contributed by atoms with E-state index >= 15 is 0 Å². The molecule has 5 heteroatoms. The van der Waals surface area contributed by atoms with Crippen molar-refractivity contribution in [3.05, 3.63) is 35.4 Å². The second kappa shape index (κ2) is 6.79. The maximum absolute atomic E-state index is 13.3. The van der Waals surface area contributed by atoms with Gasteiger partial charge < -0.3 is 9.64 Å². The normalized spacial score (nSPS) is 29.0. The monoisotopic (exact) mass is 342 g/mol. The Morgan fingerprint density at radius 3 is 2.72 bits per heavy atom. The predicted molar refractivity (Wildman–Crippen MR) is 93.8 cm³/mol. The average molecular weight is 342 g/mol. The van der Waals surface area contributed by atoms with Crippen LogP contribution in [0.4, 0.5) is 0 Å². The van der Waals surface area contributed by atoms with E-state index in [2.05, 4.69) is 11.0 Å². The fourth-order valence-corrected chi connectivity index (χ4v) is 4.77. The number of esters is 1. The number of hydrogen-bond donors (Lipinski definition) is 0. The van der Waals surface area contributed by atoms with E-state index in [-0.39, 0.29) is 17.8 Å². The van der Waals surface area contributed by atoms with Crippen LogP contribution in [-0.2, 0) is 27.3 Å². The summed E-state index contributed by atoms with van der Waals surface area (Å²) in [6.07, 6.45) is 5.19. The number of rotatable bonds is 2. The molecular weight excluding hydrogens is 316 g/mol. The number of nitrogens with zero attached hydrogens (tertiary/aromatic N) is 2. The molecule has 3 aliphatic heterocycles. The molecule has 0 aromatic heterocycles. The lowest BCUT2D eigenvalue weighted by atomic mass is 9.91. The van der Waals surface area contributed by atoms with Gasteiger partial charge in [0.1, 0.15) is 6.04 Å². The molecule has 2 fully saturated rings. The van der Waals surface area contributed by atoms with Gasteiger partial charge in [-0.25, -0.2) is 4.79 Å². The maximum atomic E-state index is 13.3. The van der Waals surface area contributed by atoms with Crippen LogP contribution in [0.2, 0.25) is 0 Å². The van der Waals surface area contributed by atoms with Crippen LogP contribution in [0.15, 0.2) is 24.3 Å². The molecule has 5 nitrogen and oxygen atoms in total. The van der Waals surface area contributed by atoms with E-state index in [4.69, 9.17) is 4.74 Å². The second-order valence-corrected chi connectivity index (χ2v) is 7.56. The first-order valence-electron chi connectivity index (χ1n) is 9.36. The van der Waals surface area contributed by atoms with Crippen LogP contribution in [0.3, 0.4) is 0 Å². The van der Waals surface area contributed by atoms with E-state index in [0.29, 0.717) is 19.0 Å². The molecule has 25 heavy (non-hydrogen) atoms. The van der Waals surface area contributed by atoms with E-state index in [1.54, 1.807) is 4.90 Å². The summed E-state index contributed by atoms with van der Waals surface area (Å²) in [4.78, 5) is 29.9. The molecule has 1 amide bonds. The van der Waals surface area contributed by atoms with Crippen LogP contribution in [0.5, 0.6) is 0 Å². The van der Waals surface area contributed by atoms with Gasteiger partial charge in [0.05, 0.1) is 13.0 Å². The summed E-state index contributed by atoms with van der Waals surface area (Å²) >= 11 is 0. The van der Waals surface area contributed by atoms with Gasteiger partial charge in [-0.05, 0) is 36.9 Å². The third-order valence-electron chi connectivity index (χ3n) is 6.11. The zero-order valence-corrected chi connectivity index (χ0v) is 14.8. The number of carbonyl (C=O) groups excluding carboxylic acids is 2. The van der Waals surface area contributed by atoms with Gasteiger partial charge in [-0.2, -0.15) is 0 Å². The number of hydrogen-bond acceptors (Lipinski definition) is 4. The molecule has 0 radical (unpaired) electrons. The van der Waals surface area contributed by atoms with Gasteiger partial charge >= 0.3 is 5.97 Å². The number of fused-ring (bicyclic) bond motifs is 2. The highest BCUT2D eigenvalue weighted by molar-refractivity contribution is 5.87. The summed E-state index contributed by atoms with van der Waals surface area (Å²) in [7, 11) is 1.40. The largest absolute Gasteiger partial charge is 0.467 e. The van der Waals surface area contributed by atoms with Gasteiger partial charge in [-0.15, -0.1) is 0 Å². The van der Waals surface area contributed by atoms with E-state index in [9.17, 15) is 9.59 Å². The Morgan fingerprint density at radius 1 is 1.16 bits per heavy atom. The molecular formula is C20H26N2O3. The van der Waals surface area contributed by atoms with Crippen LogP contribution in [0, 0.1) is 5.92 Å². The number of amides is 1. The van der Waals surface area contributed by atoms with Crippen molar-refractivity contribution in [3.8, 4) is 0 Å². The van der Waals surface area contributed by atoms with Crippen molar-refractivity contribution in [2.75, 3.05) is 20.2 Å². The minimum absolute atomic E-state index is 0.0144. The maximum Gasteiger partial charge on any atom is 0.328 e. The van der Waals surface area contributed by atoms with Crippen LogP contribution < -0.4 is 0 Å². The fourth-order valence-electron chi connectivity index (χ4n) is 4.77. The zero-order chi connectivity index (χ0) is 17.4. The molecule has 4 rings (SSSR count). The molecule has 3 heterocycles.